The third kappa shape index (κ3) is 13.1. The molecule has 1 fully saturated rings. The highest BCUT2D eigenvalue weighted by molar-refractivity contribution is 6.10. The quantitative estimate of drug-likeness (QED) is 0.0778. The molecule has 14 heteroatoms. The summed E-state index contributed by atoms with van der Waals surface area (Å²) in [5, 5.41) is 15.0. The lowest BCUT2D eigenvalue weighted by Crippen LogP contribution is -2.40. The van der Waals surface area contributed by atoms with Crippen molar-refractivity contribution in [3.63, 3.8) is 0 Å². The summed E-state index contributed by atoms with van der Waals surface area (Å²) in [5.74, 6) is -3.90. The number of nitrogens with one attached hydrogen (secondary N) is 2. The largest absolute Gasteiger partial charge is 0.480 e. The molecule has 57 heavy (non-hydrogen) atoms. The highest BCUT2D eigenvalue weighted by atomic mass is 16.7. The summed E-state index contributed by atoms with van der Waals surface area (Å²) in [6.45, 7) is 5.64. The Labute approximate surface area is 329 Å². The standard InChI is InChI=1S/C25H30N2O6.C18H13NO5/c1-25(2,3)33-24(32)26-16-8-7-11-20(23(30)31)27-22(29)19-14-12-18(13-15-19)21(28)17-9-5-4-6-10-17;20-15-10-11-16(21)19(15)24-18(23)14-8-6-13(7-9-14)17(22)12-4-2-1-3-5-12/h4-6,9-10,12-15,20H,7-8,11,16H2,1-3H3,(H,26,32)(H,27,29)(H,30,31);1-9H,10-11H2/t20-;/m0./s1. The number of carboxylic acids is 1. The van der Waals surface area contributed by atoms with E-state index < -0.39 is 47.4 Å². The van der Waals surface area contributed by atoms with Gasteiger partial charge in [-0.15, -0.1) is 5.06 Å². The molecule has 296 valence electrons. The molecule has 3 N–H and O–H groups in total. The number of carboxylic acid groups (broad SMARTS) is 1. The van der Waals surface area contributed by atoms with Gasteiger partial charge in [-0.1, -0.05) is 84.9 Å². The number of hydrogen-bond acceptors (Lipinski definition) is 10. The normalized spacial score (nSPS) is 12.7. The van der Waals surface area contributed by atoms with Crippen LogP contribution in [-0.4, -0.2) is 75.7 Å². The minimum absolute atomic E-state index is 0.0383. The van der Waals surface area contributed by atoms with Gasteiger partial charge in [0.1, 0.15) is 11.6 Å². The zero-order valence-corrected chi connectivity index (χ0v) is 31.7. The number of amides is 4. The van der Waals surface area contributed by atoms with Crippen LogP contribution in [-0.2, 0) is 24.0 Å². The average Bonchev–Trinajstić information content (AvgIpc) is 3.52. The van der Waals surface area contributed by atoms with Crippen molar-refractivity contribution in [1.82, 2.24) is 15.7 Å². The van der Waals surface area contributed by atoms with Gasteiger partial charge >= 0.3 is 18.0 Å². The third-order valence-corrected chi connectivity index (χ3v) is 8.24. The number of imide groups is 1. The fraction of sp³-hybridized carbons (Fsp3) is 0.256. The maximum Gasteiger partial charge on any atom is 0.407 e. The van der Waals surface area contributed by atoms with Crippen LogP contribution in [0.4, 0.5) is 4.79 Å². The molecule has 14 nitrogen and oxygen atoms in total. The van der Waals surface area contributed by atoms with Gasteiger partial charge in [0.2, 0.25) is 0 Å². The van der Waals surface area contributed by atoms with E-state index in [1.165, 1.54) is 36.4 Å². The number of alkyl carbamates (subject to hydrolysis) is 1. The number of aliphatic carboxylic acids is 1. The molecular formula is C43H43N3O11. The second-order valence-corrected chi connectivity index (χ2v) is 13.8. The van der Waals surface area contributed by atoms with Crippen LogP contribution < -0.4 is 10.6 Å². The van der Waals surface area contributed by atoms with Gasteiger partial charge in [0.15, 0.2) is 11.6 Å². The van der Waals surface area contributed by atoms with E-state index in [1.807, 2.05) is 12.1 Å². The second kappa shape index (κ2) is 20.1. The Bertz CT molecular complexity index is 2060. The van der Waals surface area contributed by atoms with Crippen LogP contribution in [0.15, 0.2) is 109 Å². The molecule has 0 saturated carbocycles. The fourth-order valence-electron chi connectivity index (χ4n) is 5.31. The Balaban J connectivity index is 0.000000265. The number of benzene rings is 4. The van der Waals surface area contributed by atoms with Crippen LogP contribution in [0.3, 0.4) is 0 Å². The van der Waals surface area contributed by atoms with E-state index in [0.717, 1.165) is 0 Å². The van der Waals surface area contributed by atoms with E-state index in [1.54, 1.807) is 81.4 Å². The van der Waals surface area contributed by atoms with Crippen LogP contribution in [0.25, 0.3) is 0 Å². The molecule has 1 saturated heterocycles. The molecule has 0 aromatic heterocycles. The number of carbonyl (C=O) groups is 8. The van der Waals surface area contributed by atoms with Crippen molar-refractivity contribution in [2.45, 2.75) is 64.5 Å². The van der Waals surface area contributed by atoms with Crippen molar-refractivity contribution >= 4 is 47.3 Å². The average molecular weight is 778 g/mol. The predicted molar refractivity (Wildman–Crippen MR) is 206 cm³/mol. The molecule has 0 aliphatic carbocycles. The van der Waals surface area contributed by atoms with Crippen LogP contribution in [0.5, 0.6) is 0 Å². The van der Waals surface area contributed by atoms with E-state index >= 15 is 0 Å². The van der Waals surface area contributed by atoms with E-state index in [9.17, 15) is 43.5 Å². The van der Waals surface area contributed by atoms with Crippen LogP contribution in [0.2, 0.25) is 0 Å². The molecule has 4 aromatic carbocycles. The van der Waals surface area contributed by atoms with Crippen molar-refractivity contribution in [1.29, 1.82) is 0 Å². The van der Waals surface area contributed by atoms with Gasteiger partial charge in [0, 0.05) is 47.2 Å². The molecule has 1 aliphatic heterocycles. The maximum atomic E-state index is 12.5. The van der Waals surface area contributed by atoms with Crippen molar-refractivity contribution < 1.29 is 53.0 Å². The van der Waals surface area contributed by atoms with E-state index in [-0.39, 0.29) is 42.0 Å². The topological polar surface area (TPSA) is 203 Å². The molecule has 0 bridgehead atoms. The first-order valence-electron chi connectivity index (χ1n) is 18.1. The molecular weight excluding hydrogens is 734 g/mol. The lowest BCUT2D eigenvalue weighted by Gasteiger charge is -2.19. The Kier molecular flexibility index (Phi) is 15.1. The number of hydroxylamine groups is 2. The van der Waals surface area contributed by atoms with Gasteiger partial charge in [-0.25, -0.2) is 14.4 Å². The van der Waals surface area contributed by atoms with Gasteiger partial charge in [-0.3, -0.25) is 24.0 Å². The van der Waals surface area contributed by atoms with Crippen LogP contribution in [0, 0.1) is 0 Å². The second-order valence-electron chi connectivity index (χ2n) is 13.8. The number of unbranched alkanes of at least 4 members (excludes halogenated alkanes) is 1. The molecule has 1 atom stereocenters. The van der Waals surface area contributed by atoms with E-state index in [0.29, 0.717) is 46.7 Å². The van der Waals surface area contributed by atoms with Gasteiger partial charge in [-0.05, 0) is 64.3 Å². The Hall–Kier alpha value is -6.96. The van der Waals surface area contributed by atoms with Crippen LogP contribution >= 0.6 is 0 Å². The van der Waals surface area contributed by atoms with Gasteiger partial charge in [0.25, 0.3) is 17.7 Å². The smallest absolute Gasteiger partial charge is 0.407 e. The Morgan fingerprint density at radius 3 is 1.54 bits per heavy atom. The van der Waals surface area contributed by atoms with Crippen LogP contribution in [0.1, 0.15) is 105 Å². The zero-order valence-electron chi connectivity index (χ0n) is 31.7. The third-order valence-electron chi connectivity index (χ3n) is 8.24. The monoisotopic (exact) mass is 777 g/mol. The summed E-state index contributed by atoms with van der Waals surface area (Å²) < 4.78 is 5.13. The van der Waals surface area contributed by atoms with Gasteiger partial charge < -0.3 is 25.3 Å². The highest BCUT2D eigenvalue weighted by Crippen LogP contribution is 2.17. The Morgan fingerprint density at radius 1 is 0.649 bits per heavy atom. The van der Waals surface area contributed by atoms with Gasteiger partial charge in [-0.2, -0.15) is 0 Å². The van der Waals surface area contributed by atoms with Crippen molar-refractivity contribution in [3.05, 3.63) is 143 Å². The number of ether oxygens (including phenoxy) is 1. The summed E-state index contributed by atoms with van der Waals surface area (Å²) in [6.07, 6.45) is 0.779. The van der Waals surface area contributed by atoms with Crippen molar-refractivity contribution in [3.8, 4) is 0 Å². The lowest BCUT2D eigenvalue weighted by molar-refractivity contribution is -0.172. The molecule has 1 aliphatic rings. The van der Waals surface area contributed by atoms with Gasteiger partial charge in [0.05, 0.1) is 5.56 Å². The van der Waals surface area contributed by atoms with E-state index in [4.69, 9.17) is 9.57 Å². The SMILES string of the molecule is CC(C)(C)OC(=O)NCCCC[C@H](NC(=O)c1ccc(C(=O)c2ccccc2)cc1)C(=O)O.O=C(ON1C(=O)CCC1=O)c1ccc(C(=O)c2ccccc2)cc1. The Morgan fingerprint density at radius 2 is 1.09 bits per heavy atom. The molecule has 0 radical (unpaired) electrons. The summed E-state index contributed by atoms with van der Waals surface area (Å²) >= 11 is 0. The molecule has 0 unspecified atom stereocenters. The molecule has 1 heterocycles. The maximum absolute atomic E-state index is 12.5. The summed E-state index contributed by atoms with van der Waals surface area (Å²) in [4.78, 5) is 100. The summed E-state index contributed by atoms with van der Waals surface area (Å²) in [6, 6.07) is 28.4. The first kappa shape index (κ1) is 42.8. The number of nitrogens with zero attached hydrogens (tertiary/aromatic N) is 1. The predicted octanol–water partition coefficient (Wildman–Crippen LogP) is 5.93. The lowest BCUT2D eigenvalue weighted by atomic mass is 10.0. The first-order chi connectivity index (χ1) is 27.1. The number of hydrogen-bond donors (Lipinski definition) is 3. The fourth-order valence-corrected chi connectivity index (χ4v) is 5.31. The minimum Gasteiger partial charge on any atom is -0.480 e. The highest BCUT2D eigenvalue weighted by Gasteiger charge is 2.33. The number of ketones is 2. The molecule has 5 rings (SSSR count). The molecule has 0 spiro atoms. The van der Waals surface area contributed by atoms with E-state index in [2.05, 4.69) is 10.6 Å². The minimum atomic E-state index is -1.14. The van der Waals surface area contributed by atoms with Crippen molar-refractivity contribution in [2.75, 3.05) is 6.54 Å². The first-order valence-corrected chi connectivity index (χ1v) is 18.1. The molecule has 4 aromatic rings. The number of rotatable bonds is 14. The van der Waals surface area contributed by atoms with Crippen molar-refractivity contribution in [2.24, 2.45) is 0 Å². The number of carbonyl (C=O) groups excluding carboxylic acids is 7. The molecule has 4 amide bonds. The zero-order chi connectivity index (χ0) is 41.5. The summed E-state index contributed by atoms with van der Waals surface area (Å²) in [7, 11) is 0. The summed E-state index contributed by atoms with van der Waals surface area (Å²) in [5.41, 5.74) is 1.76.